The summed E-state index contributed by atoms with van der Waals surface area (Å²) in [4.78, 5) is 17.3. The molecule has 2 aliphatic rings. The fraction of sp³-hybridized carbons (Fsp3) is 0.458. The van der Waals surface area contributed by atoms with Gasteiger partial charge in [-0.2, -0.15) is 10.1 Å². The summed E-state index contributed by atoms with van der Waals surface area (Å²) in [6, 6.07) is 5.76. The molecule has 0 spiro atoms. The summed E-state index contributed by atoms with van der Waals surface area (Å²) >= 11 is 0. The SMILES string of the molecule is COc1cc2c(cc1OC)C(NC(=O)COc1cc(C)c3c(C4CC4)nn(C)c3n1)CC2. The first-order chi connectivity index (χ1) is 15.5. The number of pyridine rings is 1. The first-order valence-corrected chi connectivity index (χ1v) is 11.0. The Hall–Kier alpha value is -3.29. The number of nitrogens with one attached hydrogen (secondary N) is 1. The second-order valence-electron chi connectivity index (χ2n) is 8.61. The van der Waals surface area contributed by atoms with Crippen LogP contribution in [0, 0.1) is 6.92 Å². The Morgan fingerprint density at radius 2 is 1.91 bits per heavy atom. The number of carbonyl (C=O) groups excluding carboxylic acids is 1. The molecule has 1 fully saturated rings. The highest BCUT2D eigenvalue weighted by atomic mass is 16.5. The second-order valence-corrected chi connectivity index (χ2v) is 8.61. The Labute approximate surface area is 186 Å². The van der Waals surface area contributed by atoms with E-state index in [1.165, 1.54) is 18.4 Å². The quantitative estimate of drug-likeness (QED) is 0.611. The summed E-state index contributed by atoms with van der Waals surface area (Å²) in [5.74, 6) is 2.18. The maximum absolute atomic E-state index is 12.6. The van der Waals surface area contributed by atoms with E-state index < -0.39 is 0 Å². The number of methoxy groups -OCH3 is 2. The molecule has 0 radical (unpaired) electrons. The van der Waals surface area contributed by atoms with Crippen LogP contribution < -0.4 is 19.5 Å². The fourth-order valence-corrected chi connectivity index (χ4v) is 4.61. The molecule has 1 aromatic carbocycles. The van der Waals surface area contributed by atoms with Crippen LogP contribution in [0.4, 0.5) is 0 Å². The van der Waals surface area contributed by atoms with Crippen molar-refractivity contribution >= 4 is 16.9 Å². The van der Waals surface area contributed by atoms with E-state index >= 15 is 0 Å². The van der Waals surface area contributed by atoms with Gasteiger partial charge in [0, 0.05) is 24.4 Å². The lowest BCUT2D eigenvalue weighted by molar-refractivity contribution is -0.123. The minimum absolute atomic E-state index is 0.0729. The van der Waals surface area contributed by atoms with Crippen LogP contribution >= 0.6 is 0 Å². The molecule has 2 aromatic heterocycles. The van der Waals surface area contributed by atoms with Crippen LogP contribution in [-0.4, -0.2) is 41.5 Å². The smallest absolute Gasteiger partial charge is 0.258 e. The van der Waals surface area contributed by atoms with E-state index in [0.717, 1.165) is 40.7 Å². The van der Waals surface area contributed by atoms with Gasteiger partial charge in [0.25, 0.3) is 5.91 Å². The van der Waals surface area contributed by atoms with E-state index in [1.54, 1.807) is 18.9 Å². The van der Waals surface area contributed by atoms with Gasteiger partial charge in [0.15, 0.2) is 23.8 Å². The van der Waals surface area contributed by atoms with Gasteiger partial charge in [-0.25, -0.2) is 0 Å². The van der Waals surface area contributed by atoms with Crippen molar-refractivity contribution in [2.75, 3.05) is 20.8 Å². The number of rotatable bonds is 7. The first kappa shape index (κ1) is 20.6. The molecular formula is C24H28N4O4. The lowest BCUT2D eigenvalue weighted by Crippen LogP contribution is -2.31. The molecule has 0 aliphatic heterocycles. The molecular weight excluding hydrogens is 408 g/mol. The third-order valence-corrected chi connectivity index (χ3v) is 6.37. The molecule has 8 nitrogen and oxygen atoms in total. The van der Waals surface area contributed by atoms with Crippen molar-refractivity contribution in [1.29, 1.82) is 0 Å². The normalized spacial score (nSPS) is 17.3. The van der Waals surface area contributed by atoms with Gasteiger partial charge in [-0.15, -0.1) is 0 Å². The maximum Gasteiger partial charge on any atom is 0.258 e. The van der Waals surface area contributed by atoms with E-state index in [2.05, 4.69) is 15.4 Å². The Bertz CT molecular complexity index is 1200. The average molecular weight is 437 g/mol. The average Bonchev–Trinajstić information content (AvgIpc) is 3.49. The van der Waals surface area contributed by atoms with Crippen LogP contribution in [0.15, 0.2) is 18.2 Å². The minimum atomic E-state index is -0.180. The van der Waals surface area contributed by atoms with Gasteiger partial charge in [-0.3, -0.25) is 9.48 Å². The molecule has 1 amide bonds. The van der Waals surface area contributed by atoms with Crippen molar-refractivity contribution in [1.82, 2.24) is 20.1 Å². The van der Waals surface area contributed by atoms with Crippen molar-refractivity contribution in [3.8, 4) is 17.4 Å². The van der Waals surface area contributed by atoms with Crippen LogP contribution in [0.1, 0.15) is 53.6 Å². The number of hydrogen-bond acceptors (Lipinski definition) is 6. The Kier molecular flexibility index (Phi) is 5.15. The predicted molar refractivity (Wildman–Crippen MR) is 119 cm³/mol. The van der Waals surface area contributed by atoms with Crippen LogP contribution in [0.2, 0.25) is 0 Å². The second kappa shape index (κ2) is 8.00. The molecule has 5 rings (SSSR count). The molecule has 2 heterocycles. The van der Waals surface area contributed by atoms with Gasteiger partial charge in [-0.1, -0.05) is 0 Å². The minimum Gasteiger partial charge on any atom is -0.493 e. The highest BCUT2D eigenvalue weighted by Crippen LogP contribution is 2.43. The number of carbonyl (C=O) groups is 1. The predicted octanol–water partition coefficient (Wildman–Crippen LogP) is 3.35. The number of ether oxygens (including phenoxy) is 3. The molecule has 3 aromatic rings. The number of nitrogens with zero attached hydrogens (tertiary/aromatic N) is 3. The molecule has 0 saturated heterocycles. The largest absolute Gasteiger partial charge is 0.493 e. The van der Waals surface area contributed by atoms with Gasteiger partial charge in [0.1, 0.15) is 0 Å². The lowest BCUT2D eigenvalue weighted by atomic mass is 10.1. The Balaban J connectivity index is 1.27. The zero-order valence-corrected chi connectivity index (χ0v) is 18.9. The number of amides is 1. The lowest BCUT2D eigenvalue weighted by Gasteiger charge is -2.16. The molecule has 2 aliphatic carbocycles. The van der Waals surface area contributed by atoms with Crippen molar-refractivity contribution in [3.05, 3.63) is 40.6 Å². The third kappa shape index (κ3) is 3.63. The van der Waals surface area contributed by atoms with E-state index in [9.17, 15) is 4.79 Å². The summed E-state index contributed by atoms with van der Waals surface area (Å²) in [6.07, 6.45) is 4.09. The molecule has 0 bridgehead atoms. The van der Waals surface area contributed by atoms with Crippen LogP contribution in [-0.2, 0) is 18.3 Å². The van der Waals surface area contributed by atoms with Crippen molar-refractivity contribution in [2.45, 2.75) is 44.6 Å². The fourth-order valence-electron chi connectivity index (χ4n) is 4.61. The highest BCUT2D eigenvalue weighted by molar-refractivity contribution is 5.84. The molecule has 1 atom stereocenters. The summed E-state index contributed by atoms with van der Waals surface area (Å²) < 4.78 is 18.4. The van der Waals surface area contributed by atoms with Crippen molar-refractivity contribution < 1.29 is 19.0 Å². The highest BCUT2D eigenvalue weighted by Gasteiger charge is 2.30. The number of hydrogen-bond donors (Lipinski definition) is 1. The third-order valence-electron chi connectivity index (χ3n) is 6.37. The summed E-state index contributed by atoms with van der Waals surface area (Å²) in [5.41, 5.74) is 5.23. The summed E-state index contributed by atoms with van der Waals surface area (Å²) in [6.45, 7) is 1.95. The van der Waals surface area contributed by atoms with Crippen molar-refractivity contribution in [2.24, 2.45) is 7.05 Å². The van der Waals surface area contributed by atoms with E-state index in [0.29, 0.717) is 23.3 Å². The van der Waals surface area contributed by atoms with Gasteiger partial charge >= 0.3 is 0 Å². The van der Waals surface area contributed by atoms with Crippen LogP contribution in [0.5, 0.6) is 17.4 Å². The zero-order valence-electron chi connectivity index (χ0n) is 18.9. The van der Waals surface area contributed by atoms with Crippen LogP contribution in [0.3, 0.4) is 0 Å². The topological polar surface area (TPSA) is 87.5 Å². The van der Waals surface area contributed by atoms with Gasteiger partial charge < -0.3 is 19.5 Å². The van der Waals surface area contributed by atoms with Gasteiger partial charge in [0.05, 0.1) is 26.0 Å². The Morgan fingerprint density at radius 3 is 2.62 bits per heavy atom. The van der Waals surface area contributed by atoms with E-state index in [1.807, 2.05) is 32.2 Å². The number of fused-ring (bicyclic) bond motifs is 2. The summed E-state index contributed by atoms with van der Waals surface area (Å²) in [7, 11) is 5.14. The zero-order chi connectivity index (χ0) is 22.4. The molecule has 1 saturated carbocycles. The van der Waals surface area contributed by atoms with Gasteiger partial charge in [-0.05, 0) is 61.4 Å². The summed E-state index contributed by atoms with van der Waals surface area (Å²) in [5, 5.41) is 8.85. The number of aryl methyl sites for hydroxylation is 3. The molecule has 8 heteroatoms. The van der Waals surface area contributed by atoms with E-state index in [-0.39, 0.29) is 18.6 Å². The van der Waals surface area contributed by atoms with Gasteiger partial charge in [0.2, 0.25) is 5.88 Å². The number of benzene rings is 1. The Morgan fingerprint density at radius 1 is 1.16 bits per heavy atom. The van der Waals surface area contributed by atoms with Crippen molar-refractivity contribution in [3.63, 3.8) is 0 Å². The number of aromatic nitrogens is 3. The first-order valence-electron chi connectivity index (χ1n) is 11.0. The molecule has 168 valence electrons. The monoisotopic (exact) mass is 436 g/mol. The molecule has 32 heavy (non-hydrogen) atoms. The van der Waals surface area contributed by atoms with E-state index in [4.69, 9.17) is 14.2 Å². The maximum atomic E-state index is 12.6. The molecule has 1 N–H and O–H groups in total. The standard InChI is InChI=1S/C24H28N4O4/c1-13-9-21(26-24-22(13)23(14-5-6-14)27-28(24)2)32-12-20(29)25-17-8-7-15-10-18(30-3)19(31-4)11-16(15)17/h9-11,14,17H,5-8,12H2,1-4H3,(H,25,29). The molecule has 1 unspecified atom stereocenters. The van der Waals surface area contributed by atoms with Crippen LogP contribution in [0.25, 0.3) is 11.0 Å².